The second-order valence-electron chi connectivity index (χ2n) is 6.05. The Morgan fingerprint density at radius 1 is 1.14 bits per heavy atom. The number of thioether (sulfide) groups is 1. The van der Waals surface area contributed by atoms with Crippen molar-refractivity contribution in [3.05, 3.63) is 65.7 Å². The highest BCUT2D eigenvalue weighted by atomic mass is 32.2. The van der Waals surface area contributed by atoms with E-state index in [-0.39, 0.29) is 0 Å². The van der Waals surface area contributed by atoms with Gasteiger partial charge in [-0.05, 0) is 47.3 Å². The van der Waals surface area contributed by atoms with Crippen LogP contribution in [0.3, 0.4) is 0 Å². The Morgan fingerprint density at radius 2 is 1.82 bits per heavy atom. The van der Waals surface area contributed by atoms with Gasteiger partial charge in [-0.15, -0.1) is 0 Å². The third-order valence-electron chi connectivity index (χ3n) is 4.11. The van der Waals surface area contributed by atoms with Crippen LogP contribution in [0.1, 0.15) is 24.5 Å². The zero-order valence-corrected chi connectivity index (χ0v) is 16.9. The Hall–Kier alpha value is -2.73. The van der Waals surface area contributed by atoms with E-state index in [1.807, 2.05) is 61.5 Å². The molecule has 0 saturated heterocycles. The standard InChI is InChI=1S/C22H25NO4S/c1-3-28-14-13-20(22(25)26)23-21(24)19(17-7-5-4-6-8-17)15-16-9-11-18(27-2)12-10-16/h4-12,15,20H,3,13-14H2,1-2H3,(H,23,24)(H,25,26)/b19-15+. The van der Waals surface area contributed by atoms with E-state index in [1.165, 1.54) is 0 Å². The van der Waals surface area contributed by atoms with E-state index in [1.54, 1.807) is 24.9 Å². The van der Waals surface area contributed by atoms with Crippen molar-refractivity contribution in [3.63, 3.8) is 0 Å². The van der Waals surface area contributed by atoms with E-state index in [4.69, 9.17) is 4.74 Å². The first-order valence-electron chi connectivity index (χ1n) is 9.07. The van der Waals surface area contributed by atoms with Gasteiger partial charge >= 0.3 is 5.97 Å². The molecule has 0 spiro atoms. The molecule has 0 fully saturated rings. The number of carboxylic acid groups (broad SMARTS) is 1. The van der Waals surface area contributed by atoms with Gasteiger partial charge in [0.25, 0.3) is 5.91 Å². The average molecular weight is 400 g/mol. The van der Waals surface area contributed by atoms with Crippen LogP contribution in [0.2, 0.25) is 0 Å². The van der Waals surface area contributed by atoms with Crippen molar-refractivity contribution >= 4 is 35.3 Å². The van der Waals surface area contributed by atoms with Gasteiger partial charge in [0.05, 0.1) is 7.11 Å². The molecule has 5 nitrogen and oxygen atoms in total. The molecule has 0 heterocycles. The molecule has 2 rings (SSSR count). The lowest BCUT2D eigenvalue weighted by atomic mass is 10.0. The fourth-order valence-corrected chi connectivity index (χ4v) is 3.29. The number of nitrogens with one attached hydrogen (secondary N) is 1. The summed E-state index contributed by atoms with van der Waals surface area (Å²) in [6.45, 7) is 2.02. The van der Waals surface area contributed by atoms with Gasteiger partial charge in [-0.1, -0.05) is 49.4 Å². The summed E-state index contributed by atoms with van der Waals surface area (Å²) in [6.07, 6.45) is 2.13. The van der Waals surface area contributed by atoms with E-state index in [9.17, 15) is 14.7 Å². The molecule has 1 atom stereocenters. The van der Waals surface area contributed by atoms with Crippen LogP contribution in [0.15, 0.2) is 54.6 Å². The fourth-order valence-electron chi connectivity index (χ4n) is 2.60. The maximum Gasteiger partial charge on any atom is 0.326 e. The highest BCUT2D eigenvalue weighted by molar-refractivity contribution is 7.99. The summed E-state index contributed by atoms with van der Waals surface area (Å²) in [4.78, 5) is 24.5. The number of carbonyl (C=O) groups is 2. The molecule has 2 aromatic rings. The van der Waals surface area contributed by atoms with Crippen molar-refractivity contribution in [1.82, 2.24) is 5.32 Å². The van der Waals surface area contributed by atoms with Crippen molar-refractivity contribution in [2.75, 3.05) is 18.6 Å². The van der Waals surface area contributed by atoms with Gasteiger partial charge < -0.3 is 15.2 Å². The summed E-state index contributed by atoms with van der Waals surface area (Å²) in [5, 5.41) is 12.1. The number of benzene rings is 2. The van der Waals surface area contributed by atoms with Crippen LogP contribution >= 0.6 is 11.8 Å². The molecule has 0 radical (unpaired) electrons. The van der Waals surface area contributed by atoms with Crippen LogP contribution < -0.4 is 10.1 Å². The van der Waals surface area contributed by atoms with E-state index in [2.05, 4.69) is 5.32 Å². The van der Waals surface area contributed by atoms with E-state index < -0.39 is 17.9 Å². The summed E-state index contributed by atoms with van der Waals surface area (Å²) in [7, 11) is 1.59. The molecule has 6 heteroatoms. The molecule has 0 aliphatic heterocycles. The van der Waals surface area contributed by atoms with Crippen molar-refractivity contribution in [2.45, 2.75) is 19.4 Å². The van der Waals surface area contributed by atoms with Gasteiger partial charge in [0.1, 0.15) is 11.8 Å². The number of carbonyl (C=O) groups excluding carboxylic acids is 1. The van der Waals surface area contributed by atoms with Crippen LogP contribution in [-0.2, 0) is 9.59 Å². The maximum atomic E-state index is 12.9. The number of hydrogen-bond acceptors (Lipinski definition) is 4. The molecule has 0 aromatic heterocycles. The van der Waals surface area contributed by atoms with Gasteiger partial charge in [0.2, 0.25) is 0 Å². The van der Waals surface area contributed by atoms with Crippen LogP contribution in [0.4, 0.5) is 0 Å². The van der Waals surface area contributed by atoms with E-state index >= 15 is 0 Å². The second-order valence-corrected chi connectivity index (χ2v) is 7.44. The topological polar surface area (TPSA) is 75.6 Å². The maximum absolute atomic E-state index is 12.9. The summed E-state index contributed by atoms with van der Waals surface area (Å²) in [5.41, 5.74) is 1.96. The summed E-state index contributed by atoms with van der Waals surface area (Å²) >= 11 is 1.65. The predicted molar refractivity (Wildman–Crippen MR) is 114 cm³/mol. The van der Waals surface area contributed by atoms with Gasteiger partial charge in [-0.3, -0.25) is 4.79 Å². The Morgan fingerprint density at radius 3 is 2.39 bits per heavy atom. The molecule has 2 N–H and O–H groups in total. The minimum atomic E-state index is -1.03. The number of methoxy groups -OCH3 is 1. The van der Waals surface area contributed by atoms with Crippen molar-refractivity contribution in [1.29, 1.82) is 0 Å². The fraction of sp³-hybridized carbons (Fsp3) is 0.273. The first-order chi connectivity index (χ1) is 13.5. The second kappa shape index (κ2) is 11.2. The number of amides is 1. The SMILES string of the molecule is CCSCCC(NC(=O)/C(=C/c1ccc(OC)cc1)c1ccccc1)C(=O)O. The highest BCUT2D eigenvalue weighted by Gasteiger charge is 2.22. The predicted octanol–water partition coefficient (Wildman–Crippen LogP) is 3.95. The zero-order valence-electron chi connectivity index (χ0n) is 16.1. The van der Waals surface area contributed by atoms with E-state index in [0.29, 0.717) is 17.7 Å². The quantitative estimate of drug-likeness (QED) is 0.359. The highest BCUT2D eigenvalue weighted by Crippen LogP contribution is 2.21. The van der Waals surface area contributed by atoms with Gasteiger partial charge in [0, 0.05) is 5.57 Å². The Bertz CT molecular complexity index is 803. The molecule has 2 aromatic carbocycles. The molecule has 28 heavy (non-hydrogen) atoms. The third-order valence-corrected chi connectivity index (χ3v) is 5.05. The molecule has 1 unspecified atom stereocenters. The zero-order chi connectivity index (χ0) is 20.4. The van der Waals surface area contributed by atoms with Crippen molar-refractivity contribution in [2.24, 2.45) is 0 Å². The lowest BCUT2D eigenvalue weighted by Gasteiger charge is -2.16. The summed E-state index contributed by atoms with van der Waals surface area (Å²) in [5.74, 6) is 0.879. The Labute approximate surface area is 169 Å². The molecule has 0 bridgehead atoms. The van der Waals surface area contributed by atoms with Gasteiger partial charge in [-0.25, -0.2) is 4.79 Å². The Balaban J connectivity index is 2.28. The first-order valence-corrected chi connectivity index (χ1v) is 10.2. The summed E-state index contributed by atoms with van der Waals surface area (Å²) in [6, 6.07) is 15.6. The average Bonchev–Trinajstić information content (AvgIpc) is 2.72. The molecule has 0 aliphatic carbocycles. The minimum absolute atomic E-state index is 0.379. The number of carboxylic acids is 1. The normalized spacial score (nSPS) is 12.3. The number of aliphatic carboxylic acids is 1. The lowest BCUT2D eigenvalue weighted by Crippen LogP contribution is -2.41. The van der Waals surface area contributed by atoms with Crippen molar-refractivity contribution < 1.29 is 19.4 Å². The molecule has 0 aliphatic rings. The number of hydrogen-bond donors (Lipinski definition) is 2. The van der Waals surface area contributed by atoms with E-state index in [0.717, 1.165) is 22.6 Å². The van der Waals surface area contributed by atoms with Crippen LogP contribution in [0, 0.1) is 0 Å². The Kier molecular flexibility index (Phi) is 8.62. The largest absolute Gasteiger partial charge is 0.497 e. The monoisotopic (exact) mass is 399 g/mol. The molecule has 0 saturated carbocycles. The summed E-state index contributed by atoms with van der Waals surface area (Å²) < 4.78 is 5.16. The molecular weight excluding hydrogens is 374 g/mol. The number of rotatable bonds is 10. The molecule has 1 amide bonds. The molecular formula is C22H25NO4S. The molecule has 148 valence electrons. The van der Waals surface area contributed by atoms with Crippen molar-refractivity contribution in [3.8, 4) is 5.75 Å². The van der Waals surface area contributed by atoms with Gasteiger partial charge in [-0.2, -0.15) is 11.8 Å². The van der Waals surface area contributed by atoms with Crippen LogP contribution in [-0.4, -0.2) is 41.6 Å². The third kappa shape index (κ3) is 6.46. The smallest absolute Gasteiger partial charge is 0.326 e. The lowest BCUT2D eigenvalue weighted by molar-refractivity contribution is -0.141. The first kappa shape index (κ1) is 21.6. The van der Waals surface area contributed by atoms with Crippen LogP contribution in [0.5, 0.6) is 5.75 Å². The van der Waals surface area contributed by atoms with Crippen LogP contribution in [0.25, 0.3) is 11.6 Å². The van der Waals surface area contributed by atoms with Gasteiger partial charge in [0.15, 0.2) is 0 Å². The minimum Gasteiger partial charge on any atom is -0.497 e. The number of ether oxygens (including phenoxy) is 1.